The maximum Gasteiger partial charge on any atom is 0.274 e. The maximum absolute atomic E-state index is 12.3. The van der Waals surface area contributed by atoms with Crippen molar-refractivity contribution in [2.75, 3.05) is 0 Å². The Balaban J connectivity index is 1.94. The van der Waals surface area contributed by atoms with Crippen LogP contribution in [0.5, 0.6) is 0 Å². The summed E-state index contributed by atoms with van der Waals surface area (Å²) in [6, 6.07) is 1.57. The van der Waals surface area contributed by atoms with Crippen LogP contribution in [0.4, 0.5) is 0 Å². The lowest BCUT2D eigenvalue weighted by Crippen LogP contribution is -2.53. The van der Waals surface area contributed by atoms with Crippen LogP contribution in [0, 0.1) is 5.92 Å². The third-order valence-electron chi connectivity index (χ3n) is 4.40. The van der Waals surface area contributed by atoms with Gasteiger partial charge in [0.1, 0.15) is 5.69 Å². The van der Waals surface area contributed by atoms with Crippen molar-refractivity contribution >= 4 is 23.6 Å². The standard InChI is InChI=1S/C16H22N4O3S/c1-15(2)7-8-10(12(17)21)14(24-11(8)16(3,4)23-15)19-13(22)9-5-6-18-20-9/h5-6,8,11H,7H2,1-4H3,(H2,17,21)(H,18,20)(H,19,22). The number of nitrogens with one attached hydrogen (secondary N) is 2. The molecule has 1 aromatic rings. The number of amides is 2. The number of hydrogen-bond acceptors (Lipinski definition) is 5. The van der Waals surface area contributed by atoms with Gasteiger partial charge in [-0.05, 0) is 40.2 Å². The van der Waals surface area contributed by atoms with Crippen molar-refractivity contribution in [3.05, 3.63) is 28.6 Å². The third kappa shape index (κ3) is 2.95. The van der Waals surface area contributed by atoms with Gasteiger partial charge in [0.25, 0.3) is 5.91 Å². The second-order valence-corrected chi connectivity index (χ2v) is 8.50. The Morgan fingerprint density at radius 2 is 2.12 bits per heavy atom. The number of rotatable bonds is 3. The molecule has 0 radical (unpaired) electrons. The van der Waals surface area contributed by atoms with Gasteiger partial charge in [0.2, 0.25) is 5.91 Å². The minimum atomic E-state index is -0.497. The van der Waals surface area contributed by atoms with Gasteiger partial charge in [-0.1, -0.05) is 0 Å². The lowest BCUT2D eigenvalue weighted by molar-refractivity contribution is -0.163. The van der Waals surface area contributed by atoms with Crippen LogP contribution in [0.3, 0.4) is 0 Å². The van der Waals surface area contributed by atoms with Crippen LogP contribution < -0.4 is 11.1 Å². The molecule has 3 rings (SSSR count). The number of nitrogens with zero attached hydrogens (tertiary/aromatic N) is 1. The van der Waals surface area contributed by atoms with Crippen molar-refractivity contribution in [2.24, 2.45) is 11.7 Å². The Labute approximate surface area is 144 Å². The molecule has 0 aromatic carbocycles. The van der Waals surface area contributed by atoms with E-state index in [1.54, 1.807) is 6.07 Å². The van der Waals surface area contributed by atoms with Gasteiger partial charge < -0.3 is 15.8 Å². The predicted molar refractivity (Wildman–Crippen MR) is 91.0 cm³/mol. The summed E-state index contributed by atoms with van der Waals surface area (Å²) < 4.78 is 6.20. The molecule has 2 atom stereocenters. The molecule has 1 aromatic heterocycles. The average Bonchev–Trinajstić information content (AvgIpc) is 3.03. The first kappa shape index (κ1) is 17.0. The van der Waals surface area contributed by atoms with E-state index in [0.29, 0.717) is 22.7 Å². The van der Waals surface area contributed by atoms with E-state index in [2.05, 4.69) is 15.5 Å². The Hall–Kier alpha value is -1.80. The summed E-state index contributed by atoms with van der Waals surface area (Å²) in [6.07, 6.45) is 2.18. The molecule has 0 aliphatic carbocycles. The lowest BCUT2D eigenvalue weighted by Gasteiger charge is -2.48. The molecule has 130 valence electrons. The van der Waals surface area contributed by atoms with E-state index in [9.17, 15) is 9.59 Å². The number of carbonyl (C=O) groups is 2. The molecule has 4 N–H and O–H groups in total. The Kier molecular flexibility index (Phi) is 4.00. The molecule has 0 saturated carbocycles. The Morgan fingerprint density at radius 3 is 2.71 bits per heavy atom. The second-order valence-electron chi connectivity index (χ2n) is 7.35. The summed E-state index contributed by atoms with van der Waals surface area (Å²) in [5, 5.41) is 9.73. The molecule has 24 heavy (non-hydrogen) atoms. The molecule has 0 spiro atoms. The third-order valence-corrected chi connectivity index (χ3v) is 6.11. The fraction of sp³-hybridized carbons (Fsp3) is 0.562. The number of H-pyrrole nitrogens is 1. The number of ether oxygens (including phenoxy) is 1. The minimum Gasteiger partial charge on any atom is -0.368 e. The normalized spacial score (nSPS) is 27.7. The van der Waals surface area contributed by atoms with Gasteiger partial charge in [0, 0.05) is 17.4 Å². The van der Waals surface area contributed by atoms with E-state index in [0.717, 1.165) is 0 Å². The van der Waals surface area contributed by atoms with Crippen LogP contribution >= 0.6 is 11.8 Å². The van der Waals surface area contributed by atoms with Crippen molar-refractivity contribution in [1.82, 2.24) is 15.5 Å². The largest absolute Gasteiger partial charge is 0.368 e. The van der Waals surface area contributed by atoms with Gasteiger partial charge in [-0.25, -0.2) is 0 Å². The average molecular weight is 350 g/mol. The predicted octanol–water partition coefficient (Wildman–Crippen LogP) is 1.55. The molecule has 2 unspecified atom stereocenters. The molecular weight excluding hydrogens is 328 g/mol. The molecule has 2 amide bonds. The van der Waals surface area contributed by atoms with Gasteiger partial charge >= 0.3 is 0 Å². The van der Waals surface area contributed by atoms with Crippen LogP contribution in [0.2, 0.25) is 0 Å². The van der Waals surface area contributed by atoms with Crippen molar-refractivity contribution in [3.8, 4) is 0 Å². The highest BCUT2D eigenvalue weighted by molar-refractivity contribution is 8.04. The maximum atomic E-state index is 12.3. The number of aromatic nitrogens is 2. The van der Waals surface area contributed by atoms with Crippen molar-refractivity contribution in [2.45, 2.75) is 50.6 Å². The van der Waals surface area contributed by atoms with Gasteiger partial charge in [-0.15, -0.1) is 11.8 Å². The number of carbonyl (C=O) groups excluding carboxylic acids is 2. The number of hydrogen-bond donors (Lipinski definition) is 3. The molecule has 1 saturated heterocycles. The fourth-order valence-corrected chi connectivity index (χ4v) is 5.23. The summed E-state index contributed by atoms with van der Waals surface area (Å²) in [5.74, 6) is -0.892. The Morgan fingerprint density at radius 1 is 1.42 bits per heavy atom. The van der Waals surface area contributed by atoms with E-state index in [1.165, 1.54) is 18.0 Å². The highest BCUT2D eigenvalue weighted by Gasteiger charge is 2.54. The summed E-state index contributed by atoms with van der Waals surface area (Å²) in [5.41, 5.74) is 5.65. The quantitative estimate of drug-likeness (QED) is 0.766. The molecule has 7 nitrogen and oxygen atoms in total. The highest BCUT2D eigenvalue weighted by Crippen LogP contribution is 2.54. The Bertz CT molecular complexity index is 709. The smallest absolute Gasteiger partial charge is 0.274 e. The van der Waals surface area contributed by atoms with Crippen LogP contribution in [0.15, 0.2) is 22.9 Å². The molecule has 2 aliphatic heterocycles. The zero-order valence-electron chi connectivity index (χ0n) is 14.2. The van der Waals surface area contributed by atoms with Crippen molar-refractivity contribution < 1.29 is 14.3 Å². The van der Waals surface area contributed by atoms with Gasteiger partial charge in [-0.3, -0.25) is 14.7 Å². The highest BCUT2D eigenvalue weighted by atomic mass is 32.2. The first-order valence-corrected chi connectivity index (χ1v) is 8.70. The van der Waals surface area contributed by atoms with Crippen LogP contribution in [-0.4, -0.2) is 38.5 Å². The van der Waals surface area contributed by atoms with Gasteiger partial charge in [-0.2, -0.15) is 5.10 Å². The first-order chi connectivity index (χ1) is 11.1. The van der Waals surface area contributed by atoms with Crippen LogP contribution in [0.25, 0.3) is 0 Å². The molecule has 2 aliphatic rings. The summed E-state index contributed by atoms with van der Waals surface area (Å²) in [7, 11) is 0. The first-order valence-electron chi connectivity index (χ1n) is 7.82. The molecule has 1 fully saturated rings. The number of aromatic amines is 1. The fourth-order valence-electron chi connectivity index (χ4n) is 3.71. The summed E-state index contributed by atoms with van der Waals surface area (Å²) in [4.78, 5) is 24.4. The zero-order valence-corrected chi connectivity index (χ0v) is 15.0. The summed E-state index contributed by atoms with van der Waals surface area (Å²) in [6.45, 7) is 8.04. The van der Waals surface area contributed by atoms with Crippen molar-refractivity contribution in [1.29, 1.82) is 0 Å². The van der Waals surface area contributed by atoms with E-state index < -0.39 is 11.5 Å². The number of fused-ring (bicyclic) bond motifs is 1. The van der Waals surface area contributed by atoms with Crippen LogP contribution in [-0.2, 0) is 9.53 Å². The molecule has 0 bridgehead atoms. The van der Waals surface area contributed by atoms with Crippen molar-refractivity contribution in [3.63, 3.8) is 0 Å². The molecular formula is C16H22N4O3S. The SMILES string of the molecule is CC1(C)CC2C(C(N)=O)=C(NC(=O)c3ccn[nH]3)SC2C(C)(C)O1. The minimum absolute atomic E-state index is 0.0186. The van der Waals surface area contributed by atoms with E-state index in [1.807, 2.05) is 27.7 Å². The van der Waals surface area contributed by atoms with E-state index in [-0.39, 0.29) is 22.7 Å². The van der Waals surface area contributed by atoms with E-state index in [4.69, 9.17) is 10.5 Å². The van der Waals surface area contributed by atoms with E-state index >= 15 is 0 Å². The lowest BCUT2D eigenvalue weighted by atomic mass is 9.76. The number of thioether (sulfide) groups is 1. The number of primary amides is 1. The van der Waals surface area contributed by atoms with Crippen LogP contribution in [0.1, 0.15) is 44.6 Å². The zero-order chi connectivity index (χ0) is 17.7. The summed E-state index contributed by atoms with van der Waals surface area (Å²) >= 11 is 1.45. The topological polar surface area (TPSA) is 110 Å². The van der Waals surface area contributed by atoms with Gasteiger partial charge in [0.15, 0.2) is 0 Å². The molecule has 3 heterocycles. The monoisotopic (exact) mass is 350 g/mol. The second kappa shape index (κ2) is 5.63. The van der Waals surface area contributed by atoms with Gasteiger partial charge in [0.05, 0.1) is 21.8 Å². The number of nitrogens with two attached hydrogens (primary N) is 1. The molecule has 8 heteroatoms.